The van der Waals surface area contributed by atoms with Crippen molar-refractivity contribution in [1.29, 1.82) is 0 Å². The van der Waals surface area contributed by atoms with Crippen LogP contribution in [0.4, 0.5) is 0 Å². The van der Waals surface area contributed by atoms with Gasteiger partial charge in [0.25, 0.3) is 0 Å². The standard InChI is InChI=1S/C16H22N2/c1-3-4-10-15-16(18-12-17-15)11-13(2)14-8-6-5-7-9-14/h5-9,12-13H,3-4,10-11H2,1-2H3,(H,17,18). The fourth-order valence-corrected chi connectivity index (χ4v) is 2.29. The smallest absolute Gasteiger partial charge is 0.0925 e. The van der Waals surface area contributed by atoms with Crippen molar-refractivity contribution in [1.82, 2.24) is 9.97 Å². The summed E-state index contributed by atoms with van der Waals surface area (Å²) in [5.41, 5.74) is 3.95. The summed E-state index contributed by atoms with van der Waals surface area (Å²) in [5.74, 6) is 0.534. The number of nitrogens with zero attached hydrogens (tertiary/aromatic N) is 1. The predicted molar refractivity (Wildman–Crippen MR) is 75.8 cm³/mol. The molecule has 1 unspecified atom stereocenters. The molecule has 2 nitrogen and oxygen atoms in total. The van der Waals surface area contributed by atoms with E-state index in [4.69, 9.17) is 0 Å². The molecule has 2 heteroatoms. The second-order valence-corrected chi connectivity index (χ2v) is 4.95. The van der Waals surface area contributed by atoms with Gasteiger partial charge in [0.15, 0.2) is 0 Å². The van der Waals surface area contributed by atoms with Crippen molar-refractivity contribution in [3.63, 3.8) is 0 Å². The minimum atomic E-state index is 0.534. The molecule has 0 aliphatic heterocycles. The van der Waals surface area contributed by atoms with Gasteiger partial charge in [0.05, 0.1) is 12.0 Å². The summed E-state index contributed by atoms with van der Waals surface area (Å²) in [7, 11) is 0. The first-order chi connectivity index (χ1) is 8.81. The van der Waals surface area contributed by atoms with Gasteiger partial charge in [-0.05, 0) is 30.7 Å². The molecule has 0 amide bonds. The lowest BCUT2D eigenvalue weighted by Crippen LogP contribution is -2.02. The first-order valence-electron chi connectivity index (χ1n) is 6.87. The summed E-state index contributed by atoms with van der Waals surface area (Å²) in [6.45, 7) is 4.50. The van der Waals surface area contributed by atoms with Crippen LogP contribution < -0.4 is 0 Å². The van der Waals surface area contributed by atoms with E-state index in [9.17, 15) is 0 Å². The molecule has 0 radical (unpaired) electrons. The van der Waals surface area contributed by atoms with E-state index in [1.54, 1.807) is 0 Å². The van der Waals surface area contributed by atoms with Crippen LogP contribution in [0.1, 0.15) is 49.6 Å². The second-order valence-electron chi connectivity index (χ2n) is 4.95. The molecule has 0 fully saturated rings. The first kappa shape index (κ1) is 12.9. The summed E-state index contributed by atoms with van der Waals surface area (Å²) in [5, 5.41) is 0. The first-order valence-corrected chi connectivity index (χ1v) is 6.87. The van der Waals surface area contributed by atoms with E-state index in [1.807, 2.05) is 6.33 Å². The third kappa shape index (κ3) is 3.22. The van der Waals surface area contributed by atoms with Crippen molar-refractivity contribution in [2.24, 2.45) is 0 Å². The third-order valence-corrected chi connectivity index (χ3v) is 3.45. The van der Waals surface area contributed by atoms with Crippen molar-refractivity contribution in [2.75, 3.05) is 0 Å². The Morgan fingerprint density at radius 1 is 1.22 bits per heavy atom. The third-order valence-electron chi connectivity index (χ3n) is 3.45. The van der Waals surface area contributed by atoms with Crippen molar-refractivity contribution in [3.8, 4) is 0 Å². The number of rotatable bonds is 6. The van der Waals surface area contributed by atoms with Gasteiger partial charge in [0.2, 0.25) is 0 Å². The van der Waals surface area contributed by atoms with Gasteiger partial charge in [0.1, 0.15) is 0 Å². The highest BCUT2D eigenvalue weighted by Crippen LogP contribution is 2.21. The van der Waals surface area contributed by atoms with Crippen LogP contribution >= 0.6 is 0 Å². The maximum atomic E-state index is 4.44. The monoisotopic (exact) mass is 242 g/mol. The van der Waals surface area contributed by atoms with Crippen LogP contribution in [-0.2, 0) is 12.8 Å². The number of nitrogens with one attached hydrogen (secondary N) is 1. The Bertz CT molecular complexity index is 459. The number of unbranched alkanes of at least 4 members (excludes halogenated alkanes) is 1. The average molecular weight is 242 g/mol. The highest BCUT2D eigenvalue weighted by molar-refractivity contribution is 5.22. The molecule has 0 aliphatic carbocycles. The van der Waals surface area contributed by atoms with Gasteiger partial charge in [-0.15, -0.1) is 0 Å². The number of benzene rings is 1. The summed E-state index contributed by atoms with van der Waals surface area (Å²) in [4.78, 5) is 7.75. The number of hydrogen-bond acceptors (Lipinski definition) is 1. The van der Waals surface area contributed by atoms with Crippen molar-refractivity contribution in [3.05, 3.63) is 53.6 Å². The molecule has 1 heterocycles. The van der Waals surface area contributed by atoms with Crippen molar-refractivity contribution in [2.45, 2.75) is 45.4 Å². The summed E-state index contributed by atoms with van der Waals surface area (Å²) < 4.78 is 0. The van der Waals surface area contributed by atoms with E-state index < -0.39 is 0 Å². The zero-order valence-electron chi connectivity index (χ0n) is 11.3. The van der Waals surface area contributed by atoms with Crippen LogP contribution in [0.15, 0.2) is 36.7 Å². The number of hydrogen-bond donors (Lipinski definition) is 1. The van der Waals surface area contributed by atoms with Gasteiger partial charge >= 0.3 is 0 Å². The Hall–Kier alpha value is -1.57. The summed E-state index contributed by atoms with van der Waals surface area (Å²) in [6, 6.07) is 10.7. The molecule has 1 aromatic heterocycles. The Morgan fingerprint density at radius 2 is 2.00 bits per heavy atom. The van der Waals surface area contributed by atoms with Crippen LogP contribution in [0, 0.1) is 0 Å². The van der Waals surface area contributed by atoms with Gasteiger partial charge < -0.3 is 4.98 Å². The zero-order chi connectivity index (χ0) is 12.8. The Balaban J connectivity index is 2.03. The number of aromatic nitrogens is 2. The molecule has 0 aliphatic rings. The second kappa shape index (κ2) is 6.39. The minimum absolute atomic E-state index is 0.534. The normalized spacial score (nSPS) is 12.6. The molecule has 0 saturated carbocycles. The Labute approximate surface area is 109 Å². The van der Waals surface area contributed by atoms with E-state index in [0.29, 0.717) is 5.92 Å². The quantitative estimate of drug-likeness (QED) is 0.811. The molecule has 0 bridgehead atoms. The maximum absolute atomic E-state index is 4.44. The minimum Gasteiger partial charge on any atom is -0.348 e. The van der Waals surface area contributed by atoms with Crippen LogP contribution in [-0.4, -0.2) is 9.97 Å². The molecule has 1 aromatic carbocycles. The van der Waals surface area contributed by atoms with Crippen molar-refractivity contribution >= 4 is 0 Å². The van der Waals surface area contributed by atoms with Gasteiger partial charge in [0, 0.05) is 5.69 Å². The SMILES string of the molecule is CCCCc1nc[nH]c1CC(C)c1ccccc1. The van der Waals surface area contributed by atoms with Crippen LogP contribution in [0.25, 0.3) is 0 Å². The Morgan fingerprint density at radius 3 is 2.72 bits per heavy atom. The zero-order valence-corrected chi connectivity index (χ0v) is 11.3. The molecule has 0 spiro atoms. The molecule has 0 saturated heterocycles. The van der Waals surface area contributed by atoms with Crippen molar-refractivity contribution < 1.29 is 0 Å². The van der Waals surface area contributed by atoms with Crippen LogP contribution in [0.2, 0.25) is 0 Å². The molecule has 2 aromatic rings. The maximum Gasteiger partial charge on any atom is 0.0925 e. The summed E-state index contributed by atoms with van der Waals surface area (Å²) in [6.07, 6.45) is 6.41. The lowest BCUT2D eigenvalue weighted by atomic mass is 9.95. The number of H-pyrrole nitrogens is 1. The highest BCUT2D eigenvalue weighted by atomic mass is 14.9. The Kier molecular flexibility index (Phi) is 4.57. The largest absolute Gasteiger partial charge is 0.348 e. The predicted octanol–water partition coefficient (Wildman–Crippen LogP) is 4.10. The molecule has 2 rings (SSSR count). The van der Waals surface area contributed by atoms with Crippen LogP contribution in [0.3, 0.4) is 0 Å². The van der Waals surface area contributed by atoms with E-state index >= 15 is 0 Å². The lowest BCUT2D eigenvalue weighted by Gasteiger charge is -2.11. The van der Waals surface area contributed by atoms with E-state index in [2.05, 4.69) is 54.1 Å². The number of aromatic amines is 1. The average Bonchev–Trinajstić information content (AvgIpc) is 2.84. The van der Waals surface area contributed by atoms with Gasteiger partial charge in [-0.1, -0.05) is 50.6 Å². The fraction of sp³-hybridized carbons (Fsp3) is 0.438. The van der Waals surface area contributed by atoms with Gasteiger partial charge in [-0.25, -0.2) is 4.98 Å². The topological polar surface area (TPSA) is 28.7 Å². The summed E-state index contributed by atoms with van der Waals surface area (Å²) >= 11 is 0. The molecule has 1 N–H and O–H groups in total. The highest BCUT2D eigenvalue weighted by Gasteiger charge is 2.11. The number of aryl methyl sites for hydroxylation is 1. The lowest BCUT2D eigenvalue weighted by molar-refractivity contribution is 0.718. The molecule has 1 atom stereocenters. The van der Waals surface area contributed by atoms with E-state index in [-0.39, 0.29) is 0 Å². The molecular formula is C16H22N2. The molecule has 18 heavy (non-hydrogen) atoms. The fourth-order valence-electron chi connectivity index (χ4n) is 2.29. The molecular weight excluding hydrogens is 220 g/mol. The van der Waals surface area contributed by atoms with E-state index in [1.165, 1.54) is 29.8 Å². The molecule has 96 valence electrons. The number of imidazole rings is 1. The van der Waals surface area contributed by atoms with Crippen LogP contribution in [0.5, 0.6) is 0 Å². The van der Waals surface area contributed by atoms with Gasteiger partial charge in [-0.2, -0.15) is 0 Å². The van der Waals surface area contributed by atoms with Gasteiger partial charge in [-0.3, -0.25) is 0 Å². The van der Waals surface area contributed by atoms with E-state index in [0.717, 1.165) is 12.8 Å².